The highest BCUT2D eigenvalue weighted by atomic mass is 16.5. The zero-order valence-electron chi connectivity index (χ0n) is 16.3. The maximum absolute atomic E-state index is 6.03. The predicted octanol–water partition coefficient (Wildman–Crippen LogP) is 6.10. The number of rotatable bonds is 6. The van der Waals surface area contributed by atoms with Gasteiger partial charge < -0.3 is 14.2 Å². The molecule has 142 valence electrons. The number of hydrogen-bond donors (Lipinski definition) is 0. The Morgan fingerprint density at radius 1 is 0.821 bits per heavy atom. The quantitative estimate of drug-likeness (QED) is 0.298. The van der Waals surface area contributed by atoms with Gasteiger partial charge in [-0.2, -0.15) is 0 Å². The first kappa shape index (κ1) is 19.2. The van der Waals surface area contributed by atoms with E-state index in [-0.39, 0.29) is 0 Å². The Morgan fingerprint density at radius 2 is 1.46 bits per heavy atom. The van der Waals surface area contributed by atoms with Crippen molar-refractivity contribution in [2.45, 2.75) is 13.8 Å². The van der Waals surface area contributed by atoms with E-state index in [0.717, 1.165) is 11.3 Å². The van der Waals surface area contributed by atoms with Gasteiger partial charge in [0.15, 0.2) is 11.5 Å². The third-order valence-electron chi connectivity index (χ3n) is 3.99. The number of ether oxygens (including phenoxy) is 3. The number of hydrogen-bond acceptors (Lipinski definition) is 4. The predicted molar refractivity (Wildman–Crippen MR) is 113 cm³/mol. The van der Waals surface area contributed by atoms with Crippen LogP contribution in [0, 0.1) is 6.92 Å². The van der Waals surface area contributed by atoms with E-state index in [4.69, 9.17) is 14.2 Å². The lowest BCUT2D eigenvalue weighted by atomic mass is 10.2. The monoisotopic (exact) mass is 373 g/mol. The van der Waals surface area contributed by atoms with Gasteiger partial charge in [0.1, 0.15) is 5.75 Å². The van der Waals surface area contributed by atoms with Crippen molar-refractivity contribution in [2.75, 3.05) is 7.11 Å². The van der Waals surface area contributed by atoms with Crippen LogP contribution in [0.3, 0.4) is 0 Å². The fourth-order valence-electron chi connectivity index (χ4n) is 2.45. The second kappa shape index (κ2) is 9.42. The summed E-state index contributed by atoms with van der Waals surface area (Å²) in [5.74, 6) is 2.45. The van der Waals surface area contributed by atoms with Crippen LogP contribution in [0.1, 0.15) is 12.5 Å². The van der Waals surface area contributed by atoms with E-state index in [0.29, 0.717) is 23.1 Å². The normalized spacial score (nSPS) is 11.8. The van der Waals surface area contributed by atoms with Crippen LogP contribution in [0.2, 0.25) is 0 Å². The van der Waals surface area contributed by atoms with Crippen LogP contribution in [0.5, 0.6) is 17.2 Å². The van der Waals surface area contributed by atoms with Gasteiger partial charge in [-0.25, -0.2) is 4.99 Å². The van der Waals surface area contributed by atoms with Crippen LogP contribution in [0.25, 0.3) is 0 Å². The summed E-state index contributed by atoms with van der Waals surface area (Å²) in [6, 6.07) is 25.0. The molecule has 0 heterocycles. The van der Waals surface area contributed by atoms with E-state index in [9.17, 15) is 0 Å². The highest BCUT2D eigenvalue weighted by Gasteiger charge is 2.09. The number of benzene rings is 3. The molecule has 0 saturated heterocycles. The van der Waals surface area contributed by atoms with Crippen molar-refractivity contribution in [1.29, 1.82) is 0 Å². The number of nitrogens with zero attached hydrogens (tertiary/aromatic N) is 1. The molecular weight excluding hydrogens is 350 g/mol. The number of aliphatic imine (C=N–C) groups is 1. The van der Waals surface area contributed by atoms with Gasteiger partial charge in [-0.05, 0) is 50.2 Å². The minimum Gasteiger partial charge on any atom is -0.493 e. The largest absolute Gasteiger partial charge is 0.493 e. The molecule has 0 aliphatic carbocycles. The zero-order chi connectivity index (χ0) is 19.8. The van der Waals surface area contributed by atoms with Crippen LogP contribution in [0.4, 0.5) is 5.69 Å². The standard InChI is InChI=1S/C24H23NO3/c1-18-13-15-20(16-14-18)25-24(28-21-9-5-4-6-10-21)19(2)17-27-23-12-8-7-11-22(23)26-3/h4-17H,1-3H3. The Morgan fingerprint density at radius 3 is 2.14 bits per heavy atom. The Kier molecular flexibility index (Phi) is 6.47. The summed E-state index contributed by atoms with van der Waals surface area (Å²) in [7, 11) is 1.61. The van der Waals surface area contributed by atoms with Gasteiger partial charge in [-0.3, -0.25) is 0 Å². The average Bonchev–Trinajstić information content (AvgIpc) is 2.74. The van der Waals surface area contributed by atoms with Crippen molar-refractivity contribution in [3.05, 3.63) is 96.3 Å². The number of aryl methyl sites for hydroxylation is 1. The van der Waals surface area contributed by atoms with Crippen molar-refractivity contribution in [1.82, 2.24) is 0 Å². The second-order valence-electron chi connectivity index (χ2n) is 6.24. The molecule has 0 spiro atoms. The summed E-state index contributed by atoms with van der Waals surface area (Å²) >= 11 is 0. The molecule has 0 bridgehead atoms. The van der Waals surface area contributed by atoms with Crippen molar-refractivity contribution in [2.24, 2.45) is 4.99 Å². The first-order valence-corrected chi connectivity index (χ1v) is 9.01. The minimum atomic E-state index is 0.463. The molecule has 0 aromatic heterocycles. The molecule has 0 aliphatic heterocycles. The highest BCUT2D eigenvalue weighted by molar-refractivity contribution is 5.96. The average molecular weight is 373 g/mol. The number of methoxy groups -OCH3 is 1. The molecule has 0 N–H and O–H groups in total. The molecule has 0 fully saturated rings. The van der Waals surface area contributed by atoms with Gasteiger partial charge in [-0.15, -0.1) is 0 Å². The SMILES string of the molecule is COc1ccccc1OC=C(C)C(=Nc1ccc(C)cc1)Oc1ccccc1. The maximum Gasteiger partial charge on any atom is 0.225 e. The molecular formula is C24H23NO3. The fourth-order valence-corrected chi connectivity index (χ4v) is 2.45. The van der Waals surface area contributed by atoms with Gasteiger partial charge in [-0.1, -0.05) is 48.0 Å². The highest BCUT2D eigenvalue weighted by Crippen LogP contribution is 2.26. The van der Waals surface area contributed by atoms with Crippen LogP contribution in [0.15, 0.2) is 95.7 Å². The Bertz CT molecular complexity index is 961. The first-order chi connectivity index (χ1) is 13.7. The molecule has 4 nitrogen and oxygen atoms in total. The molecule has 4 heteroatoms. The van der Waals surface area contributed by atoms with Crippen LogP contribution < -0.4 is 14.2 Å². The van der Waals surface area contributed by atoms with E-state index in [1.54, 1.807) is 13.4 Å². The van der Waals surface area contributed by atoms with Crippen molar-refractivity contribution < 1.29 is 14.2 Å². The lowest BCUT2D eigenvalue weighted by Crippen LogP contribution is -2.11. The summed E-state index contributed by atoms with van der Waals surface area (Å²) in [5.41, 5.74) is 2.73. The Labute approximate surface area is 165 Å². The van der Waals surface area contributed by atoms with Gasteiger partial charge >= 0.3 is 0 Å². The molecule has 3 aromatic carbocycles. The van der Waals surface area contributed by atoms with Crippen molar-refractivity contribution in [3.63, 3.8) is 0 Å². The van der Waals surface area contributed by atoms with E-state index in [1.807, 2.05) is 92.7 Å². The summed E-state index contributed by atoms with van der Waals surface area (Å²) in [6.45, 7) is 3.94. The molecule has 28 heavy (non-hydrogen) atoms. The summed E-state index contributed by atoms with van der Waals surface area (Å²) in [6.07, 6.45) is 1.62. The van der Waals surface area contributed by atoms with Crippen LogP contribution in [-0.4, -0.2) is 13.0 Å². The second-order valence-corrected chi connectivity index (χ2v) is 6.24. The van der Waals surface area contributed by atoms with Gasteiger partial charge in [0, 0.05) is 5.57 Å². The molecule has 3 rings (SSSR count). The van der Waals surface area contributed by atoms with Gasteiger partial charge in [0.2, 0.25) is 5.90 Å². The van der Waals surface area contributed by atoms with E-state index in [2.05, 4.69) is 4.99 Å². The third kappa shape index (κ3) is 5.24. The number of para-hydroxylation sites is 3. The van der Waals surface area contributed by atoms with Crippen molar-refractivity contribution >= 4 is 11.6 Å². The molecule has 0 unspecified atom stereocenters. The summed E-state index contributed by atoms with van der Waals surface area (Å²) in [4.78, 5) is 4.66. The van der Waals surface area contributed by atoms with Gasteiger partial charge in [0.05, 0.1) is 19.1 Å². The van der Waals surface area contributed by atoms with E-state index in [1.165, 1.54) is 5.56 Å². The summed E-state index contributed by atoms with van der Waals surface area (Å²) in [5, 5.41) is 0. The topological polar surface area (TPSA) is 40.0 Å². The molecule has 0 radical (unpaired) electrons. The Hall–Kier alpha value is -3.53. The molecule has 0 atom stereocenters. The molecule has 0 amide bonds. The molecule has 0 saturated carbocycles. The molecule has 0 aliphatic rings. The summed E-state index contributed by atoms with van der Waals surface area (Å²) < 4.78 is 17.2. The van der Waals surface area contributed by atoms with E-state index < -0.39 is 0 Å². The lowest BCUT2D eigenvalue weighted by molar-refractivity contribution is 0.377. The Balaban J connectivity index is 1.89. The molecule has 3 aromatic rings. The lowest BCUT2D eigenvalue weighted by Gasteiger charge is -2.11. The zero-order valence-corrected chi connectivity index (χ0v) is 16.3. The van der Waals surface area contributed by atoms with Crippen molar-refractivity contribution in [3.8, 4) is 17.2 Å². The van der Waals surface area contributed by atoms with Crippen LogP contribution in [-0.2, 0) is 0 Å². The third-order valence-corrected chi connectivity index (χ3v) is 3.99. The van der Waals surface area contributed by atoms with Gasteiger partial charge in [0.25, 0.3) is 0 Å². The minimum absolute atomic E-state index is 0.463. The first-order valence-electron chi connectivity index (χ1n) is 9.01. The van der Waals surface area contributed by atoms with E-state index >= 15 is 0 Å². The smallest absolute Gasteiger partial charge is 0.225 e. The fraction of sp³-hybridized carbons (Fsp3) is 0.125. The maximum atomic E-state index is 6.03. The van der Waals surface area contributed by atoms with Crippen LogP contribution >= 0.6 is 0 Å².